The molecular weight excluding hydrogens is 214 g/mol. The van der Waals surface area contributed by atoms with Crippen molar-refractivity contribution >= 4 is 0 Å². The highest BCUT2D eigenvalue weighted by atomic mass is 16.5. The smallest absolute Gasteiger partial charge is 0.0922 e. The van der Waals surface area contributed by atoms with Crippen molar-refractivity contribution in [2.45, 2.75) is 51.2 Å². The summed E-state index contributed by atoms with van der Waals surface area (Å²) in [5, 5.41) is 3.37. The molecule has 1 aliphatic carbocycles. The van der Waals surface area contributed by atoms with Gasteiger partial charge < -0.3 is 15.0 Å². The molecule has 0 saturated heterocycles. The number of H-pyrrole nitrogens is 1. The molecule has 96 valence electrons. The molecule has 17 heavy (non-hydrogen) atoms. The highest BCUT2D eigenvalue weighted by molar-refractivity contribution is 4.92. The Balaban J connectivity index is 1.43. The molecule has 0 radical (unpaired) electrons. The summed E-state index contributed by atoms with van der Waals surface area (Å²) in [5.41, 5.74) is 1.14. The Kier molecular flexibility index (Phi) is 5.52. The molecule has 1 aromatic rings. The summed E-state index contributed by atoms with van der Waals surface area (Å²) < 4.78 is 5.86. The van der Waals surface area contributed by atoms with E-state index in [4.69, 9.17) is 4.74 Å². The molecule has 0 bridgehead atoms. The van der Waals surface area contributed by atoms with Gasteiger partial charge in [0.1, 0.15) is 0 Å². The molecule has 0 atom stereocenters. The van der Waals surface area contributed by atoms with Gasteiger partial charge in [-0.1, -0.05) is 19.3 Å². The molecule has 0 aromatic carbocycles. The summed E-state index contributed by atoms with van der Waals surface area (Å²) in [5.74, 6) is 0. The van der Waals surface area contributed by atoms with Crippen molar-refractivity contribution in [2.75, 3.05) is 13.2 Å². The Hall–Kier alpha value is -0.870. The van der Waals surface area contributed by atoms with Crippen molar-refractivity contribution in [3.63, 3.8) is 0 Å². The van der Waals surface area contributed by atoms with E-state index in [2.05, 4.69) is 15.3 Å². The van der Waals surface area contributed by atoms with Crippen molar-refractivity contribution in [3.8, 4) is 0 Å². The van der Waals surface area contributed by atoms with Crippen LogP contribution in [-0.2, 0) is 11.3 Å². The van der Waals surface area contributed by atoms with Crippen LogP contribution in [0.15, 0.2) is 12.5 Å². The fourth-order valence-corrected chi connectivity index (χ4v) is 2.28. The van der Waals surface area contributed by atoms with Crippen LogP contribution in [0.4, 0.5) is 0 Å². The van der Waals surface area contributed by atoms with Crippen molar-refractivity contribution in [1.82, 2.24) is 15.3 Å². The quantitative estimate of drug-likeness (QED) is 0.715. The number of aromatic amines is 1. The molecule has 0 amide bonds. The van der Waals surface area contributed by atoms with Crippen LogP contribution in [0, 0.1) is 0 Å². The largest absolute Gasteiger partial charge is 0.378 e. The van der Waals surface area contributed by atoms with Gasteiger partial charge in [0, 0.05) is 25.0 Å². The normalized spacial score (nSPS) is 17.4. The Morgan fingerprint density at radius 1 is 1.35 bits per heavy atom. The van der Waals surface area contributed by atoms with E-state index in [1.54, 1.807) is 6.33 Å². The van der Waals surface area contributed by atoms with Gasteiger partial charge >= 0.3 is 0 Å². The molecule has 0 spiro atoms. The van der Waals surface area contributed by atoms with Gasteiger partial charge in [-0.15, -0.1) is 0 Å². The van der Waals surface area contributed by atoms with Gasteiger partial charge in [-0.25, -0.2) is 4.98 Å². The van der Waals surface area contributed by atoms with Crippen molar-refractivity contribution < 1.29 is 4.74 Å². The fourth-order valence-electron chi connectivity index (χ4n) is 2.28. The van der Waals surface area contributed by atoms with Gasteiger partial charge in [-0.3, -0.25) is 0 Å². The minimum atomic E-state index is 0.538. The van der Waals surface area contributed by atoms with Crippen LogP contribution in [0.1, 0.15) is 44.2 Å². The SMILES string of the molecule is c1ncc(CNCCCOC2CCCCC2)[nH]1. The van der Waals surface area contributed by atoms with Crippen molar-refractivity contribution in [3.05, 3.63) is 18.2 Å². The number of nitrogens with one attached hydrogen (secondary N) is 2. The molecule has 2 N–H and O–H groups in total. The molecule has 0 unspecified atom stereocenters. The van der Waals surface area contributed by atoms with Crippen LogP contribution >= 0.6 is 0 Å². The lowest BCUT2D eigenvalue weighted by Gasteiger charge is -2.21. The van der Waals surface area contributed by atoms with E-state index < -0.39 is 0 Å². The minimum Gasteiger partial charge on any atom is -0.378 e. The molecule has 2 rings (SSSR count). The first-order valence-electron chi connectivity index (χ1n) is 6.75. The average molecular weight is 237 g/mol. The maximum Gasteiger partial charge on any atom is 0.0922 e. The fraction of sp³-hybridized carbons (Fsp3) is 0.769. The number of rotatable bonds is 7. The number of imidazole rings is 1. The molecular formula is C13H23N3O. The van der Waals surface area contributed by atoms with Gasteiger partial charge in [0.05, 0.1) is 12.4 Å². The number of aromatic nitrogens is 2. The molecule has 1 heterocycles. The van der Waals surface area contributed by atoms with E-state index in [0.29, 0.717) is 6.10 Å². The van der Waals surface area contributed by atoms with Gasteiger partial charge in [0.25, 0.3) is 0 Å². The zero-order valence-corrected chi connectivity index (χ0v) is 10.5. The van der Waals surface area contributed by atoms with Gasteiger partial charge in [-0.05, 0) is 25.8 Å². The van der Waals surface area contributed by atoms with E-state index >= 15 is 0 Å². The van der Waals surface area contributed by atoms with E-state index in [9.17, 15) is 0 Å². The molecule has 1 fully saturated rings. The Bertz CT molecular complexity index is 281. The zero-order valence-electron chi connectivity index (χ0n) is 10.5. The summed E-state index contributed by atoms with van der Waals surface area (Å²) in [6.07, 6.45) is 11.8. The minimum absolute atomic E-state index is 0.538. The number of hydrogen-bond donors (Lipinski definition) is 2. The van der Waals surface area contributed by atoms with Crippen molar-refractivity contribution in [2.24, 2.45) is 0 Å². The van der Waals surface area contributed by atoms with E-state index in [0.717, 1.165) is 31.8 Å². The first-order valence-corrected chi connectivity index (χ1v) is 6.75. The summed E-state index contributed by atoms with van der Waals surface area (Å²) in [6, 6.07) is 0. The number of nitrogens with zero attached hydrogens (tertiary/aromatic N) is 1. The highest BCUT2D eigenvalue weighted by Crippen LogP contribution is 2.20. The molecule has 1 aliphatic rings. The second-order valence-electron chi connectivity index (χ2n) is 4.74. The van der Waals surface area contributed by atoms with Crippen LogP contribution < -0.4 is 5.32 Å². The zero-order chi connectivity index (χ0) is 11.8. The molecule has 1 saturated carbocycles. The van der Waals surface area contributed by atoms with Crippen LogP contribution in [0.2, 0.25) is 0 Å². The summed E-state index contributed by atoms with van der Waals surface area (Å²) in [4.78, 5) is 7.05. The predicted octanol–water partition coefficient (Wildman–Crippen LogP) is 2.24. The van der Waals surface area contributed by atoms with Crippen LogP contribution in [0.3, 0.4) is 0 Å². The van der Waals surface area contributed by atoms with Gasteiger partial charge in [0.2, 0.25) is 0 Å². The third-order valence-corrected chi connectivity index (χ3v) is 3.27. The Labute approximate surface area is 103 Å². The Morgan fingerprint density at radius 2 is 2.24 bits per heavy atom. The second-order valence-corrected chi connectivity index (χ2v) is 4.74. The lowest BCUT2D eigenvalue weighted by molar-refractivity contribution is 0.0273. The van der Waals surface area contributed by atoms with Gasteiger partial charge in [-0.2, -0.15) is 0 Å². The predicted molar refractivity (Wildman–Crippen MR) is 67.7 cm³/mol. The van der Waals surface area contributed by atoms with Crippen molar-refractivity contribution in [1.29, 1.82) is 0 Å². The second kappa shape index (κ2) is 7.45. The van der Waals surface area contributed by atoms with Crippen LogP contribution in [0.5, 0.6) is 0 Å². The summed E-state index contributed by atoms with van der Waals surface area (Å²) in [7, 11) is 0. The Morgan fingerprint density at radius 3 is 3.00 bits per heavy atom. The average Bonchev–Trinajstić information content (AvgIpc) is 2.88. The number of ether oxygens (including phenoxy) is 1. The lowest BCUT2D eigenvalue weighted by Crippen LogP contribution is -2.20. The summed E-state index contributed by atoms with van der Waals surface area (Å²) >= 11 is 0. The maximum absolute atomic E-state index is 5.86. The first kappa shape index (κ1) is 12.6. The lowest BCUT2D eigenvalue weighted by atomic mass is 9.98. The topological polar surface area (TPSA) is 49.9 Å². The molecule has 0 aliphatic heterocycles. The third kappa shape index (κ3) is 4.88. The molecule has 1 aromatic heterocycles. The highest BCUT2D eigenvalue weighted by Gasteiger charge is 2.12. The maximum atomic E-state index is 5.86. The van der Waals surface area contributed by atoms with Crippen LogP contribution in [0.25, 0.3) is 0 Å². The van der Waals surface area contributed by atoms with E-state index in [1.807, 2.05) is 6.20 Å². The standard InChI is InChI=1S/C13H23N3O/c1-2-5-13(6-3-1)17-8-4-7-14-9-12-10-15-11-16-12/h10-11,13-14H,1-9H2,(H,15,16). The van der Waals surface area contributed by atoms with E-state index in [1.165, 1.54) is 32.1 Å². The van der Waals surface area contributed by atoms with Crippen LogP contribution in [-0.4, -0.2) is 29.2 Å². The third-order valence-electron chi connectivity index (χ3n) is 3.27. The summed E-state index contributed by atoms with van der Waals surface area (Å²) in [6.45, 7) is 2.76. The first-order chi connectivity index (χ1) is 8.45. The molecule has 4 heteroatoms. The van der Waals surface area contributed by atoms with Gasteiger partial charge in [0.15, 0.2) is 0 Å². The molecule has 4 nitrogen and oxygen atoms in total. The number of hydrogen-bond acceptors (Lipinski definition) is 3. The monoisotopic (exact) mass is 237 g/mol. The van der Waals surface area contributed by atoms with E-state index in [-0.39, 0.29) is 0 Å².